The summed E-state index contributed by atoms with van der Waals surface area (Å²) in [6, 6.07) is 0.292. The molecule has 1 N–H and O–H groups in total. The minimum absolute atomic E-state index is 0.210. The quantitative estimate of drug-likeness (QED) is 0.355. The first-order valence-electron chi connectivity index (χ1n) is 1.22. The van der Waals surface area contributed by atoms with Crippen LogP contribution >= 0.6 is 0 Å². The van der Waals surface area contributed by atoms with Crippen molar-refractivity contribution >= 4 is 16.0 Å². The second-order valence-electron chi connectivity index (χ2n) is 0.529. The van der Waals surface area contributed by atoms with E-state index < -0.39 is 0 Å². The molecule has 28 valence electrons. The standard InChI is InChI=1S/C2H4O2Si/c3-1-2-5-4/h1,4H,2H2. The van der Waals surface area contributed by atoms with Gasteiger partial charge in [-0.3, -0.25) is 0 Å². The molecule has 0 saturated heterocycles. The third kappa shape index (κ3) is 3.85. The van der Waals surface area contributed by atoms with Crippen LogP contribution in [-0.4, -0.2) is 20.8 Å². The first kappa shape index (κ1) is 4.85. The molecule has 0 aromatic carbocycles. The molecule has 2 nitrogen and oxygen atoms in total. The van der Waals surface area contributed by atoms with Gasteiger partial charge < -0.3 is 9.59 Å². The Morgan fingerprint density at radius 2 is 2.60 bits per heavy atom. The molecule has 2 radical (unpaired) electrons. The van der Waals surface area contributed by atoms with Crippen LogP contribution in [-0.2, 0) is 4.79 Å². The van der Waals surface area contributed by atoms with Crippen LogP contribution in [0.2, 0.25) is 6.04 Å². The topological polar surface area (TPSA) is 37.3 Å². The second-order valence-corrected chi connectivity index (χ2v) is 1.25. The van der Waals surface area contributed by atoms with Crippen LogP contribution in [0.15, 0.2) is 0 Å². The Bertz CT molecular complexity index is 28.8. The summed E-state index contributed by atoms with van der Waals surface area (Å²) in [6.07, 6.45) is 0.693. The molecule has 0 aliphatic heterocycles. The van der Waals surface area contributed by atoms with E-state index in [9.17, 15) is 4.79 Å². The Morgan fingerprint density at radius 3 is 2.60 bits per heavy atom. The van der Waals surface area contributed by atoms with E-state index in [0.717, 1.165) is 0 Å². The van der Waals surface area contributed by atoms with E-state index in [0.29, 0.717) is 12.3 Å². The van der Waals surface area contributed by atoms with E-state index in [1.165, 1.54) is 0 Å². The van der Waals surface area contributed by atoms with Crippen molar-refractivity contribution in [1.82, 2.24) is 0 Å². The molecular formula is C2H4O2Si. The smallest absolute Gasteiger partial charge is 0.231 e. The van der Waals surface area contributed by atoms with E-state index in [4.69, 9.17) is 4.80 Å². The van der Waals surface area contributed by atoms with Crippen molar-refractivity contribution in [2.45, 2.75) is 6.04 Å². The highest BCUT2D eigenvalue weighted by atomic mass is 28.2. The highest BCUT2D eigenvalue weighted by molar-refractivity contribution is 6.30. The van der Waals surface area contributed by atoms with Gasteiger partial charge in [0.1, 0.15) is 6.29 Å². The Morgan fingerprint density at radius 1 is 2.00 bits per heavy atom. The lowest BCUT2D eigenvalue weighted by Crippen LogP contribution is -1.83. The molecule has 0 spiro atoms. The Labute approximate surface area is 32.8 Å². The molecule has 3 heteroatoms. The van der Waals surface area contributed by atoms with Gasteiger partial charge in [-0.1, -0.05) is 0 Å². The predicted molar refractivity (Wildman–Crippen MR) is 18.8 cm³/mol. The third-order valence-electron chi connectivity index (χ3n) is 0.175. The fourth-order valence-electron chi connectivity index (χ4n) is 0.0373. The van der Waals surface area contributed by atoms with E-state index in [1.807, 2.05) is 0 Å². The minimum Gasteiger partial charge on any atom is -0.431 e. The molecule has 0 unspecified atom stereocenters. The lowest BCUT2D eigenvalue weighted by molar-refractivity contribution is -0.106. The van der Waals surface area contributed by atoms with Crippen molar-refractivity contribution in [3.63, 3.8) is 0 Å². The highest BCUT2D eigenvalue weighted by Gasteiger charge is 1.73. The normalized spacial score (nSPS) is 7.40. The van der Waals surface area contributed by atoms with Gasteiger partial charge in [0.05, 0.1) is 0 Å². The second kappa shape index (κ2) is 3.85. The zero-order valence-electron chi connectivity index (χ0n) is 2.64. The maximum Gasteiger partial charge on any atom is 0.231 e. The molecule has 0 aromatic heterocycles. The van der Waals surface area contributed by atoms with E-state index >= 15 is 0 Å². The molecule has 0 amide bonds. The van der Waals surface area contributed by atoms with Crippen molar-refractivity contribution in [3.05, 3.63) is 0 Å². The third-order valence-corrected chi connectivity index (χ3v) is 0.524. The summed E-state index contributed by atoms with van der Waals surface area (Å²) in [5, 5.41) is 0. The van der Waals surface area contributed by atoms with Gasteiger partial charge in [-0.05, 0) is 0 Å². The van der Waals surface area contributed by atoms with Crippen molar-refractivity contribution in [2.24, 2.45) is 0 Å². The molecule has 0 saturated carbocycles. The van der Waals surface area contributed by atoms with Crippen molar-refractivity contribution in [1.29, 1.82) is 0 Å². The van der Waals surface area contributed by atoms with Gasteiger partial charge in [0, 0.05) is 6.04 Å². The molecule has 0 fully saturated rings. The fraction of sp³-hybridized carbons (Fsp3) is 0.500. The number of aldehydes is 1. The lowest BCUT2D eigenvalue weighted by atomic mass is 10.9. The summed E-state index contributed by atoms with van der Waals surface area (Å²) >= 11 is 0. The molecule has 0 aliphatic rings. The lowest BCUT2D eigenvalue weighted by Gasteiger charge is -1.65. The number of hydrogen-bond acceptors (Lipinski definition) is 2. The molecule has 0 rings (SSSR count). The van der Waals surface area contributed by atoms with Crippen molar-refractivity contribution in [3.8, 4) is 0 Å². The van der Waals surface area contributed by atoms with Crippen LogP contribution in [0.4, 0.5) is 0 Å². The van der Waals surface area contributed by atoms with Gasteiger partial charge in [-0.25, -0.2) is 0 Å². The summed E-state index contributed by atoms with van der Waals surface area (Å²) in [5.74, 6) is 0. The number of carbonyl (C=O) groups excluding carboxylic acids is 1. The maximum atomic E-state index is 9.25. The zero-order chi connectivity index (χ0) is 4.12. The first-order chi connectivity index (χ1) is 2.41. The van der Waals surface area contributed by atoms with E-state index in [2.05, 4.69) is 0 Å². The molecule has 5 heavy (non-hydrogen) atoms. The summed E-state index contributed by atoms with van der Waals surface area (Å²) in [5.41, 5.74) is 0. The van der Waals surface area contributed by atoms with Crippen LogP contribution in [0.3, 0.4) is 0 Å². The van der Waals surface area contributed by atoms with Gasteiger partial charge in [0.15, 0.2) is 0 Å². The average molecular weight is 88.1 g/mol. The molecule has 0 aliphatic carbocycles. The predicted octanol–water partition coefficient (Wildman–Crippen LogP) is -0.785. The fourth-order valence-corrected chi connectivity index (χ4v) is 0.112. The van der Waals surface area contributed by atoms with Gasteiger partial charge >= 0.3 is 0 Å². The number of carbonyl (C=O) groups is 1. The molecule has 0 aromatic rings. The number of rotatable bonds is 2. The summed E-state index contributed by atoms with van der Waals surface area (Å²) in [4.78, 5) is 17.1. The van der Waals surface area contributed by atoms with Crippen LogP contribution in [0.5, 0.6) is 0 Å². The van der Waals surface area contributed by atoms with Gasteiger partial charge in [0.25, 0.3) is 0 Å². The Hall–Kier alpha value is -0.153. The molecule has 0 heterocycles. The van der Waals surface area contributed by atoms with Crippen LogP contribution in [0.25, 0.3) is 0 Å². The summed E-state index contributed by atoms with van der Waals surface area (Å²) < 4.78 is 0. The summed E-state index contributed by atoms with van der Waals surface area (Å²) in [6.45, 7) is 0. The van der Waals surface area contributed by atoms with E-state index in [-0.39, 0.29) is 9.76 Å². The van der Waals surface area contributed by atoms with Gasteiger partial charge in [-0.2, -0.15) is 0 Å². The van der Waals surface area contributed by atoms with Crippen molar-refractivity contribution in [2.75, 3.05) is 0 Å². The van der Waals surface area contributed by atoms with Crippen LogP contribution in [0, 0.1) is 0 Å². The Kier molecular flexibility index (Phi) is 3.73. The van der Waals surface area contributed by atoms with Crippen LogP contribution < -0.4 is 0 Å². The average Bonchev–Trinajstić information content (AvgIpc) is 1.41. The highest BCUT2D eigenvalue weighted by Crippen LogP contribution is 1.57. The zero-order valence-corrected chi connectivity index (χ0v) is 3.64. The SMILES string of the molecule is O=CC[Si]O. The first-order valence-corrected chi connectivity index (χ1v) is 2.38. The molecular weight excluding hydrogens is 84.1 g/mol. The van der Waals surface area contributed by atoms with Gasteiger partial charge in [-0.15, -0.1) is 0 Å². The van der Waals surface area contributed by atoms with Crippen molar-refractivity contribution < 1.29 is 9.59 Å². The maximum absolute atomic E-state index is 9.25. The van der Waals surface area contributed by atoms with E-state index in [1.54, 1.807) is 0 Å². The summed E-state index contributed by atoms with van der Waals surface area (Å²) in [7, 11) is -0.210. The largest absolute Gasteiger partial charge is 0.431 e. The molecule has 0 bridgehead atoms. The van der Waals surface area contributed by atoms with Crippen LogP contribution in [0.1, 0.15) is 0 Å². The molecule has 0 atom stereocenters. The number of hydrogen-bond donors (Lipinski definition) is 1. The monoisotopic (exact) mass is 88.0 g/mol. The minimum atomic E-state index is -0.210. The Balaban J connectivity index is 2.40. The van der Waals surface area contributed by atoms with Gasteiger partial charge in [0.2, 0.25) is 9.76 Å².